The zero-order valence-electron chi connectivity index (χ0n) is 16.8. The van der Waals surface area contributed by atoms with Gasteiger partial charge in [-0.05, 0) is 45.7 Å². The first-order valence-electron chi connectivity index (χ1n) is 9.24. The van der Waals surface area contributed by atoms with E-state index >= 15 is 0 Å². The van der Waals surface area contributed by atoms with E-state index in [9.17, 15) is 0 Å². The highest BCUT2D eigenvalue weighted by Gasteiger charge is 2.13. The third kappa shape index (κ3) is 5.00. The van der Waals surface area contributed by atoms with Crippen molar-refractivity contribution in [1.29, 1.82) is 0 Å². The molecule has 2 aromatic heterocycles. The molecule has 4 nitrogen and oxygen atoms in total. The van der Waals surface area contributed by atoms with Gasteiger partial charge >= 0.3 is 0 Å². The summed E-state index contributed by atoms with van der Waals surface area (Å²) in [6, 6.07) is 11.9. The molecule has 0 unspecified atom stereocenters. The number of nitrogens with zero attached hydrogens (tertiary/aromatic N) is 3. The Morgan fingerprint density at radius 3 is 2.44 bits per heavy atom. The molecule has 3 rings (SSSR count). The number of fused-ring (bicyclic) bond motifs is 1. The van der Waals surface area contributed by atoms with Gasteiger partial charge < -0.3 is 14.2 Å². The van der Waals surface area contributed by atoms with Crippen LogP contribution in [-0.4, -0.2) is 38.3 Å². The first-order chi connectivity index (χ1) is 12.7. The largest absolute Gasteiger partial charge is 0.378 e. The minimum Gasteiger partial charge on any atom is -0.378 e. The minimum atomic E-state index is -1.06. The fourth-order valence-electron chi connectivity index (χ4n) is 2.88. The summed E-state index contributed by atoms with van der Waals surface area (Å²) in [5.74, 6) is 0. The summed E-state index contributed by atoms with van der Waals surface area (Å²) in [6.07, 6.45) is 4.00. The lowest BCUT2D eigenvalue weighted by atomic mass is 10.1. The van der Waals surface area contributed by atoms with Crippen molar-refractivity contribution in [3.05, 3.63) is 47.2 Å². The summed E-state index contributed by atoms with van der Waals surface area (Å²) >= 11 is 3.68. The monoisotopic (exact) mass is 445 g/mol. The van der Waals surface area contributed by atoms with Crippen LogP contribution in [0.4, 0.5) is 5.69 Å². The predicted octanol–water partition coefficient (Wildman–Crippen LogP) is 5.84. The molecule has 1 aromatic carbocycles. The molecule has 0 radical (unpaired) electrons. The van der Waals surface area contributed by atoms with E-state index in [1.165, 1.54) is 17.3 Å². The second-order valence-electron chi connectivity index (χ2n) is 8.33. The Hall–Kier alpha value is -1.63. The second kappa shape index (κ2) is 8.16. The molecule has 0 spiro atoms. The van der Waals surface area contributed by atoms with Crippen LogP contribution in [-0.2, 0) is 11.5 Å². The number of aromatic nitrogens is 2. The molecular weight excluding hydrogens is 418 g/mol. The summed E-state index contributed by atoms with van der Waals surface area (Å²) in [4.78, 5) is 6.82. The first kappa shape index (κ1) is 20.1. The van der Waals surface area contributed by atoms with Gasteiger partial charge in [-0.25, -0.2) is 4.98 Å². The fourth-order valence-corrected chi connectivity index (χ4v) is 4.17. The molecule has 0 saturated heterocycles. The van der Waals surface area contributed by atoms with Crippen LogP contribution in [0.2, 0.25) is 25.7 Å². The molecule has 27 heavy (non-hydrogen) atoms. The van der Waals surface area contributed by atoms with Crippen molar-refractivity contribution in [3.8, 4) is 11.1 Å². The van der Waals surface area contributed by atoms with Crippen LogP contribution in [0, 0.1) is 0 Å². The van der Waals surface area contributed by atoms with Crippen LogP contribution >= 0.6 is 15.9 Å². The van der Waals surface area contributed by atoms with Crippen molar-refractivity contribution in [3.63, 3.8) is 0 Å². The molecule has 2 heterocycles. The van der Waals surface area contributed by atoms with E-state index in [1.807, 2.05) is 20.3 Å². The number of halogens is 1. The van der Waals surface area contributed by atoms with Crippen molar-refractivity contribution in [2.45, 2.75) is 32.4 Å². The van der Waals surface area contributed by atoms with E-state index in [1.54, 1.807) is 0 Å². The average Bonchev–Trinajstić information content (AvgIpc) is 2.93. The van der Waals surface area contributed by atoms with Crippen molar-refractivity contribution >= 4 is 40.7 Å². The van der Waals surface area contributed by atoms with Gasteiger partial charge in [0.2, 0.25) is 0 Å². The third-order valence-corrected chi connectivity index (χ3v) is 6.95. The fraction of sp³-hybridized carbons (Fsp3) is 0.381. The molecule has 0 saturated carbocycles. The topological polar surface area (TPSA) is 30.3 Å². The first-order valence-corrected chi connectivity index (χ1v) is 13.7. The number of ether oxygens (including phenoxy) is 1. The van der Waals surface area contributed by atoms with Crippen molar-refractivity contribution in [2.75, 3.05) is 25.6 Å². The SMILES string of the molecule is CN(C)c1ccc(-c2cnc3c(c2)c(Br)cn3COCC[Si](C)(C)C)cc1. The van der Waals surface area contributed by atoms with Crippen LogP contribution in [0.1, 0.15) is 0 Å². The van der Waals surface area contributed by atoms with Gasteiger partial charge in [0.15, 0.2) is 0 Å². The van der Waals surface area contributed by atoms with Gasteiger partial charge in [0.1, 0.15) is 12.4 Å². The molecule has 0 amide bonds. The van der Waals surface area contributed by atoms with Crippen LogP contribution in [0.15, 0.2) is 47.2 Å². The van der Waals surface area contributed by atoms with Gasteiger partial charge in [-0.1, -0.05) is 31.8 Å². The predicted molar refractivity (Wildman–Crippen MR) is 121 cm³/mol. The average molecular weight is 446 g/mol. The van der Waals surface area contributed by atoms with E-state index in [-0.39, 0.29) is 0 Å². The standard InChI is InChI=1S/C21H28BrN3OSi/c1-24(2)18-8-6-16(7-9-18)17-12-19-20(22)14-25(21(19)23-13-17)15-26-10-11-27(3,4)5/h6-9,12-14H,10-11,15H2,1-5H3. The van der Waals surface area contributed by atoms with Gasteiger partial charge in [0.25, 0.3) is 0 Å². The molecule has 3 aromatic rings. The number of benzene rings is 1. The molecule has 6 heteroatoms. The van der Waals surface area contributed by atoms with Gasteiger partial charge in [-0.15, -0.1) is 0 Å². The van der Waals surface area contributed by atoms with E-state index in [2.05, 4.69) is 81.6 Å². The zero-order valence-corrected chi connectivity index (χ0v) is 19.4. The summed E-state index contributed by atoms with van der Waals surface area (Å²) in [7, 11) is 3.04. The summed E-state index contributed by atoms with van der Waals surface area (Å²) < 4.78 is 9.02. The summed E-state index contributed by atoms with van der Waals surface area (Å²) in [5.41, 5.74) is 4.42. The number of rotatable bonds is 7. The molecule has 0 aliphatic carbocycles. The highest BCUT2D eigenvalue weighted by molar-refractivity contribution is 9.10. The van der Waals surface area contributed by atoms with E-state index in [0.29, 0.717) is 6.73 Å². The van der Waals surface area contributed by atoms with Crippen LogP contribution in [0.25, 0.3) is 22.2 Å². The Balaban J connectivity index is 1.79. The van der Waals surface area contributed by atoms with Gasteiger partial charge in [-0.3, -0.25) is 0 Å². The smallest absolute Gasteiger partial charge is 0.142 e. The molecule has 0 aliphatic rings. The van der Waals surface area contributed by atoms with Gasteiger partial charge in [0, 0.05) is 62.3 Å². The van der Waals surface area contributed by atoms with E-state index in [4.69, 9.17) is 9.72 Å². The molecule has 0 fully saturated rings. The minimum absolute atomic E-state index is 0.538. The second-order valence-corrected chi connectivity index (χ2v) is 14.8. The molecular formula is C21H28BrN3OSi. The lowest BCUT2D eigenvalue weighted by Crippen LogP contribution is -2.22. The maximum absolute atomic E-state index is 5.90. The molecule has 0 N–H and O–H groups in total. The quantitative estimate of drug-likeness (QED) is 0.337. The lowest BCUT2D eigenvalue weighted by Gasteiger charge is -2.15. The maximum Gasteiger partial charge on any atom is 0.142 e. The Kier molecular flexibility index (Phi) is 6.08. The Labute approximate surface area is 171 Å². The van der Waals surface area contributed by atoms with Crippen LogP contribution in [0.5, 0.6) is 0 Å². The molecule has 144 valence electrons. The van der Waals surface area contributed by atoms with Gasteiger partial charge in [0.05, 0.1) is 0 Å². The zero-order chi connectivity index (χ0) is 19.6. The van der Waals surface area contributed by atoms with Crippen LogP contribution < -0.4 is 4.90 Å². The van der Waals surface area contributed by atoms with Crippen molar-refractivity contribution < 1.29 is 4.74 Å². The maximum atomic E-state index is 5.90. The van der Waals surface area contributed by atoms with Gasteiger partial charge in [-0.2, -0.15) is 0 Å². The molecule has 0 aliphatic heterocycles. The normalized spacial score (nSPS) is 11.9. The lowest BCUT2D eigenvalue weighted by molar-refractivity contribution is 0.0898. The number of hydrogen-bond donors (Lipinski definition) is 0. The van der Waals surface area contributed by atoms with Crippen molar-refractivity contribution in [2.24, 2.45) is 0 Å². The van der Waals surface area contributed by atoms with E-state index in [0.717, 1.165) is 27.7 Å². The van der Waals surface area contributed by atoms with Crippen molar-refractivity contribution in [1.82, 2.24) is 9.55 Å². The third-order valence-electron chi connectivity index (χ3n) is 4.61. The summed E-state index contributed by atoms with van der Waals surface area (Å²) in [6.45, 7) is 8.45. The Morgan fingerprint density at radius 1 is 1.11 bits per heavy atom. The van der Waals surface area contributed by atoms with E-state index < -0.39 is 8.07 Å². The molecule has 0 atom stereocenters. The highest BCUT2D eigenvalue weighted by atomic mass is 79.9. The highest BCUT2D eigenvalue weighted by Crippen LogP contribution is 2.30. The Morgan fingerprint density at radius 2 is 1.81 bits per heavy atom. The molecule has 0 bridgehead atoms. The summed E-state index contributed by atoms with van der Waals surface area (Å²) in [5, 5.41) is 1.11. The number of anilines is 1. The number of hydrogen-bond acceptors (Lipinski definition) is 3. The van der Waals surface area contributed by atoms with Crippen LogP contribution in [0.3, 0.4) is 0 Å². The number of pyridine rings is 1. The Bertz CT molecular complexity index is 914.